The lowest BCUT2D eigenvalue weighted by atomic mass is 10.1. The van der Waals surface area contributed by atoms with Crippen molar-refractivity contribution in [3.8, 4) is 0 Å². The van der Waals surface area contributed by atoms with Crippen LogP contribution in [-0.2, 0) is 21.3 Å². The molecule has 0 aliphatic rings. The summed E-state index contributed by atoms with van der Waals surface area (Å²) >= 11 is 0. The zero-order valence-electron chi connectivity index (χ0n) is 11.0. The van der Waals surface area contributed by atoms with Crippen LogP contribution in [0.15, 0.2) is 24.3 Å². The fourth-order valence-electron chi connectivity index (χ4n) is 1.63. The van der Waals surface area contributed by atoms with E-state index in [2.05, 4.69) is 11.7 Å². The summed E-state index contributed by atoms with van der Waals surface area (Å²) in [4.78, 5) is 11.2. The standard InChI is InChI=1S/C14H20O3S/c1-3-4-5-10-18(16)11-12-6-8-13(9-7-12)14(15)17-2/h6-9H,3-5,10-11H2,1-2H3. The van der Waals surface area contributed by atoms with Gasteiger partial charge in [0.25, 0.3) is 0 Å². The Labute approximate surface area is 111 Å². The average Bonchev–Trinajstić information content (AvgIpc) is 2.39. The Kier molecular flexibility index (Phi) is 6.65. The first-order chi connectivity index (χ1) is 8.67. The second-order valence-electron chi connectivity index (χ2n) is 4.18. The number of hydrogen-bond donors (Lipinski definition) is 0. The van der Waals surface area contributed by atoms with Crippen LogP contribution in [0.2, 0.25) is 0 Å². The molecule has 3 nitrogen and oxygen atoms in total. The molecule has 1 aromatic carbocycles. The third-order valence-corrected chi connectivity index (χ3v) is 4.08. The molecular weight excluding hydrogens is 248 g/mol. The average molecular weight is 268 g/mol. The van der Waals surface area contributed by atoms with Crippen molar-refractivity contribution in [2.24, 2.45) is 0 Å². The van der Waals surface area contributed by atoms with Gasteiger partial charge in [-0.25, -0.2) is 4.79 Å². The van der Waals surface area contributed by atoms with Crippen LogP contribution in [0.5, 0.6) is 0 Å². The number of hydrogen-bond acceptors (Lipinski definition) is 3. The molecule has 0 saturated carbocycles. The summed E-state index contributed by atoms with van der Waals surface area (Å²) < 4.78 is 16.4. The summed E-state index contributed by atoms with van der Waals surface area (Å²) in [6.45, 7) is 2.13. The highest BCUT2D eigenvalue weighted by atomic mass is 32.2. The van der Waals surface area contributed by atoms with Gasteiger partial charge in [-0.15, -0.1) is 0 Å². The maximum Gasteiger partial charge on any atom is 0.337 e. The molecule has 0 aliphatic heterocycles. The van der Waals surface area contributed by atoms with Gasteiger partial charge in [0.1, 0.15) is 0 Å². The first kappa shape index (κ1) is 14.9. The van der Waals surface area contributed by atoms with Crippen LogP contribution in [0, 0.1) is 0 Å². The first-order valence-electron chi connectivity index (χ1n) is 6.19. The van der Waals surface area contributed by atoms with Crippen molar-refractivity contribution in [2.45, 2.75) is 31.9 Å². The summed E-state index contributed by atoms with van der Waals surface area (Å²) in [5.74, 6) is 0.975. The molecule has 0 bridgehead atoms. The number of methoxy groups -OCH3 is 1. The lowest BCUT2D eigenvalue weighted by Gasteiger charge is -2.04. The number of unbranched alkanes of at least 4 members (excludes halogenated alkanes) is 2. The first-order valence-corrected chi connectivity index (χ1v) is 7.68. The van der Waals surface area contributed by atoms with E-state index in [4.69, 9.17) is 0 Å². The van der Waals surface area contributed by atoms with Crippen molar-refractivity contribution in [3.63, 3.8) is 0 Å². The van der Waals surface area contributed by atoms with E-state index in [1.807, 2.05) is 12.1 Å². The monoisotopic (exact) mass is 268 g/mol. The Hall–Kier alpha value is -1.16. The van der Waals surface area contributed by atoms with Crippen LogP contribution >= 0.6 is 0 Å². The molecule has 1 unspecified atom stereocenters. The largest absolute Gasteiger partial charge is 0.465 e. The molecule has 100 valence electrons. The summed E-state index contributed by atoms with van der Waals surface area (Å²) in [6, 6.07) is 7.10. The molecule has 0 fully saturated rings. The van der Waals surface area contributed by atoms with E-state index >= 15 is 0 Å². The second kappa shape index (κ2) is 8.03. The van der Waals surface area contributed by atoms with Crippen LogP contribution < -0.4 is 0 Å². The minimum absolute atomic E-state index is 0.342. The Morgan fingerprint density at radius 3 is 2.44 bits per heavy atom. The number of benzene rings is 1. The van der Waals surface area contributed by atoms with Crippen molar-refractivity contribution in [1.82, 2.24) is 0 Å². The fraction of sp³-hybridized carbons (Fsp3) is 0.500. The molecule has 1 aromatic rings. The molecule has 0 saturated heterocycles. The topological polar surface area (TPSA) is 43.4 Å². The van der Waals surface area contributed by atoms with E-state index in [1.165, 1.54) is 7.11 Å². The van der Waals surface area contributed by atoms with Crippen LogP contribution in [0.3, 0.4) is 0 Å². The zero-order chi connectivity index (χ0) is 13.4. The molecule has 0 aromatic heterocycles. The quantitative estimate of drug-likeness (QED) is 0.564. The van der Waals surface area contributed by atoms with E-state index in [1.54, 1.807) is 12.1 Å². The van der Waals surface area contributed by atoms with Crippen LogP contribution in [0.1, 0.15) is 42.1 Å². The lowest BCUT2D eigenvalue weighted by Crippen LogP contribution is -2.03. The third kappa shape index (κ3) is 5.00. The van der Waals surface area contributed by atoms with E-state index < -0.39 is 10.8 Å². The highest BCUT2D eigenvalue weighted by Gasteiger charge is 2.06. The Morgan fingerprint density at radius 2 is 1.89 bits per heavy atom. The predicted molar refractivity (Wildman–Crippen MR) is 74.0 cm³/mol. The van der Waals surface area contributed by atoms with Crippen LogP contribution in [-0.4, -0.2) is 23.0 Å². The van der Waals surface area contributed by atoms with Gasteiger partial charge in [0, 0.05) is 22.3 Å². The highest BCUT2D eigenvalue weighted by Crippen LogP contribution is 2.09. The van der Waals surface area contributed by atoms with E-state index in [0.717, 1.165) is 30.6 Å². The maximum atomic E-state index is 11.8. The number of rotatable bonds is 7. The molecule has 1 rings (SSSR count). The minimum Gasteiger partial charge on any atom is -0.465 e. The number of carbonyl (C=O) groups is 1. The van der Waals surface area contributed by atoms with E-state index in [-0.39, 0.29) is 5.97 Å². The Balaban J connectivity index is 2.48. The number of ether oxygens (including phenoxy) is 1. The normalized spacial score (nSPS) is 12.1. The molecule has 0 spiro atoms. The van der Waals surface area contributed by atoms with Crippen LogP contribution in [0.25, 0.3) is 0 Å². The number of esters is 1. The van der Waals surface area contributed by atoms with E-state index in [9.17, 15) is 9.00 Å². The number of carbonyl (C=O) groups excluding carboxylic acids is 1. The minimum atomic E-state index is -0.808. The fourth-order valence-corrected chi connectivity index (χ4v) is 2.86. The molecule has 4 heteroatoms. The van der Waals surface area contributed by atoms with Gasteiger partial charge < -0.3 is 4.74 Å². The van der Waals surface area contributed by atoms with Crippen molar-refractivity contribution in [3.05, 3.63) is 35.4 Å². The lowest BCUT2D eigenvalue weighted by molar-refractivity contribution is 0.0600. The van der Waals surface area contributed by atoms with Gasteiger partial charge in [0.2, 0.25) is 0 Å². The molecule has 18 heavy (non-hydrogen) atoms. The molecule has 0 heterocycles. The molecular formula is C14H20O3S. The maximum absolute atomic E-state index is 11.8. The van der Waals surface area contributed by atoms with Crippen molar-refractivity contribution >= 4 is 16.8 Å². The molecule has 1 atom stereocenters. The summed E-state index contributed by atoms with van der Waals surface area (Å²) in [7, 11) is 0.552. The van der Waals surface area contributed by atoms with Crippen LogP contribution in [0.4, 0.5) is 0 Å². The summed E-state index contributed by atoms with van der Waals surface area (Å²) in [6.07, 6.45) is 3.29. The Morgan fingerprint density at radius 1 is 1.22 bits per heavy atom. The van der Waals surface area contributed by atoms with Gasteiger partial charge in [-0.1, -0.05) is 31.9 Å². The van der Waals surface area contributed by atoms with Crippen molar-refractivity contribution < 1.29 is 13.7 Å². The van der Waals surface area contributed by atoms with Gasteiger partial charge in [-0.2, -0.15) is 0 Å². The summed E-state index contributed by atoms with van der Waals surface area (Å²) in [5, 5.41) is 0. The second-order valence-corrected chi connectivity index (χ2v) is 5.76. The molecule has 0 amide bonds. The SMILES string of the molecule is CCCCCS(=O)Cc1ccc(C(=O)OC)cc1. The molecule has 0 aliphatic carbocycles. The molecule has 0 N–H and O–H groups in total. The van der Waals surface area contributed by atoms with Gasteiger partial charge in [-0.05, 0) is 24.1 Å². The van der Waals surface area contributed by atoms with Gasteiger partial charge in [0.15, 0.2) is 0 Å². The van der Waals surface area contributed by atoms with E-state index in [0.29, 0.717) is 11.3 Å². The third-order valence-electron chi connectivity index (χ3n) is 2.68. The smallest absolute Gasteiger partial charge is 0.337 e. The van der Waals surface area contributed by atoms with Gasteiger partial charge in [-0.3, -0.25) is 4.21 Å². The van der Waals surface area contributed by atoms with Crippen molar-refractivity contribution in [2.75, 3.05) is 12.9 Å². The molecule has 0 radical (unpaired) electrons. The zero-order valence-corrected chi connectivity index (χ0v) is 11.8. The van der Waals surface area contributed by atoms with Crippen molar-refractivity contribution in [1.29, 1.82) is 0 Å². The highest BCUT2D eigenvalue weighted by molar-refractivity contribution is 7.84. The van der Waals surface area contributed by atoms with Gasteiger partial charge >= 0.3 is 5.97 Å². The summed E-state index contributed by atoms with van der Waals surface area (Å²) in [5.41, 5.74) is 1.52. The predicted octanol–water partition coefficient (Wildman–Crippen LogP) is 2.91. The van der Waals surface area contributed by atoms with Gasteiger partial charge in [0.05, 0.1) is 12.7 Å². The Bertz CT molecular complexity index is 398.